The van der Waals surface area contributed by atoms with Gasteiger partial charge >= 0.3 is 6.09 Å². The summed E-state index contributed by atoms with van der Waals surface area (Å²) in [5, 5.41) is 10.5. The maximum Gasteiger partial charge on any atom is 0.407 e. The second-order valence-electron chi connectivity index (χ2n) is 9.33. The molecule has 1 saturated heterocycles. The zero-order valence-corrected chi connectivity index (χ0v) is 21.6. The lowest BCUT2D eigenvalue weighted by molar-refractivity contribution is 0.156. The van der Waals surface area contributed by atoms with Crippen LogP contribution in [-0.4, -0.2) is 65.1 Å². The second-order valence-corrected chi connectivity index (χ2v) is 9.33. The van der Waals surface area contributed by atoms with E-state index in [-0.39, 0.29) is 35.0 Å². The molecule has 3 atom stereocenters. The number of amides is 1. The number of ether oxygens (including phenoxy) is 2. The molecule has 0 aliphatic carbocycles. The standard InChI is InChI=1S/C26H28F2N8O3/c1-14-12-35(13-19(29)24(14)33-26(37)39-3)22-6-7-30-11-21(22)32-25-31-10-15-4-5-20(34-36(15)25)23-17(27)8-16(38-2)9-18(23)28/h4-11,14,19,24H,12-13,29H2,1-3H3,(H,31,32)(H,33,37)/t14-,19+,24-/m0/s1. The van der Waals surface area contributed by atoms with Crippen LogP contribution in [0.15, 0.2) is 48.9 Å². The molecule has 4 heterocycles. The molecule has 39 heavy (non-hydrogen) atoms. The molecule has 3 aromatic heterocycles. The number of alkyl carbamates (subject to hydrolysis) is 1. The summed E-state index contributed by atoms with van der Waals surface area (Å²) < 4.78 is 40.6. The number of carbonyl (C=O) groups is 1. The predicted octanol–water partition coefficient (Wildman–Crippen LogP) is 3.33. The number of imidazole rings is 1. The fourth-order valence-electron chi connectivity index (χ4n) is 4.86. The average molecular weight is 539 g/mol. The van der Waals surface area contributed by atoms with Crippen molar-refractivity contribution in [2.45, 2.75) is 19.0 Å². The Morgan fingerprint density at radius 1 is 1.13 bits per heavy atom. The number of hydrogen-bond acceptors (Lipinski definition) is 9. The number of hydrogen-bond donors (Lipinski definition) is 3. The molecule has 4 aromatic rings. The zero-order chi connectivity index (χ0) is 27.7. The van der Waals surface area contributed by atoms with E-state index < -0.39 is 17.7 Å². The third-order valence-electron chi connectivity index (χ3n) is 6.76. The number of rotatable bonds is 6. The van der Waals surface area contributed by atoms with E-state index in [2.05, 4.69) is 30.6 Å². The number of anilines is 3. The highest BCUT2D eigenvalue weighted by Crippen LogP contribution is 2.32. The summed E-state index contributed by atoms with van der Waals surface area (Å²) in [6.07, 6.45) is 4.40. The average Bonchev–Trinajstić information content (AvgIpc) is 3.32. The van der Waals surface area contributed by atoms with Crippen molar-refractivity contribution in [3.05, 3.63) is 60.6 Å². The second kappa shape index (κ2) is 10.7. The number of nitrogens with zero attached hydrogens (tertiary/aromatic N) is 5. The Hall–Kier alpha value is -4.52. The molecule has 5 rings (SSSR count). The van der Waals surface area contributed by atoms with Crippen LogP contribution in [0, 0.1) is 17.6 Å². The Bertz CT molecular complexity index is 1480. The fraction of sp³-hybridized carbons (Fsp3) is 0.308. The smallest absolute Gasteiger partial charge is 0.407 e. The molecule has 0 bridgehead atoms. The molecular weight excluding hydrogens is 510 g/mol. The number of halogens is 2. The van der Waals surface area contributed by atoms with Crippen molar-refractivity contribution in [2.24, 2.45) is 11.7 Å². The Morgan fingerprint density at radius 2 is 1.90 bits per heavy atom. The van der Waals surface area contributed by atoms with Gasteiger partial charge in [-0.15, -0.1) is 0 Å². The fourth-order valence-corrected chi connectivity index (χ4v) is 4.86. The monoisotopic (exact) mass is 538 g/mol. The Balaban J connectivity index is 1.44. The van der Waals surface area contributed by atoms with Gasteiger partial charge in [0.1, 0.15) is 17.4 Å². The topological polar surface area (TPSA) is 132 Å². The molecule has 1 fully saturated rings. The maximum atomic E-state index is 14.7. The molecule has 1 amide bonds. The van der Waals surface area contributed by atoms with Crippen LogP contribution in [0.25, 0.3) is 16.8 Å². The molecule has 0 spiro atoms. The van der Waals surface area contributed by atoms with E-state index in [4.69, 9.17) is 15.2 Å². The molecule has 204 valence electrons. The van der Waals surface area contributed by atoms with Crippen LogP contribution >= 0.6 is 0 Å². The molecule has 0 unspecified atom stereocenters. The highest BCUT2D eigenvalue weighted by Gasteiger charge is 2.34. The van der Waals surface area contributed by atoms with E-state index in [1.807, 2.05) is 13.0 Å². The number of aromatic nitrogens is 4. The quantitative estimate of drug-likeness (QED) is 0.338. The van der Waals surface area contributed by atoms with Gasteiger partial charge in [0, 0.05) is 37.5 Å². The van der Waals surface area contributed by atoms with Crippen LogP contribution < -0.4 is 26.0 Å². The summed E-state index contributed by atoms with van der Waals surface area (Å²) in [7, 11) is 2.65. The Morgan fingerprint density at radius 3 is 2.59 bits per heavy atom. The van der Waals surface area contributed by atoms with Crippen LogP contribution in [0.2, 0.25) is 0 Å². The lowest BCUT2D eigenvalue weighted by atomic mass is 9.90. The van der Waals surface area contributed by atoms with Crippen LogP contribution in [0.5, 0.6) is 5.75 Å². The molecule has 1 aromatic carbocycles. The van der Waals surface area contributed by atoms with Crippen LogP contribution in [0.1, 0.15) is 6.92 Å². The number of nitrogens with one attached hydrogen (secondary N) is 2. The van der Waals surface area contributed by atoms with Crippen molar-refractivity contribution < 1.29 is 23.0 Å². The maximum absolute atomic E-state index is 14.7. The summed E-state index contributed by atoms with van der Waals surface area (Å²) in [6, 6.07) is 6.67. The summed E-state index contributed by atoms with van der Waals surface area (Å²) in [6.45, 7) is 3.09. The van der Waals surface area contributed by atoms with Gasteiger partial charge in [-0.1, -0.05) is 6.92 Å². The highest BCUT2D eigenvalue weighted by atomic mass is 19.1. The van der Waals surface area contributed by atoms with Gasteiger partial charge < -0.3 is 30.7 Å². The van der Waals surface area contributed by atoms with Crippen LogP contribution in [0.4, 0.5) is 30.9 Å². The van der Waals surface area contributed by atoms with Gasteiger partial charge in [0.05, 0.1) is 60.8 Å². The van der Waals surface area contributed by atoms with Crippen molar-refractivity contribution in [2.75, 3.05) is 37.5 Å². The van der Waals surface area contributed by atoms with Gasteiger partial charge in [-0.25, -0.2) is 18.6 Å². The molecular formula is C26H28F2N8O3. The number of nitrogens with two attached hydrogens (primary N) is 1. The predicted molar refractivity (Wildman–Crippen MR) is 141 cm³/mol. The lowest BCUT2D eigenvalue weighted by Crippen LogP contribution is -2.62. The molecule has 11 nitrogen and oxygen atoms in total. The normalized spacial score (nSPS) is 19.1. The van der Waals surface area contributed by atoms with Crippen LogP contribution in [-0.2, 0) is 4.74 Å². The first kappa shape index (κ1) is 26.1. The van der Waals surface area contributed by atoms with Gasteiger partial charge in [-0.2, -0.15) is 9.61 Å². The van der Waals surface area contributed by atoms with E-state index in [9.17, 15) is 13.6 Å². The molecule has 0 saturated carbocycles. The lowest BCUT2D eigenvalue weighted by Gasteiger charge is -2.42. The SMILES string of the molecule is COC(=O)N[C@@H]1[C@H](N)CN(c2ccncc2Nc2ncc3ccc(-c4c(F)cc(OC)cc4F)nn23)C[C@@H]1C. The molecule has 4 N–H and O–H groups in total. The first-order chi connectivity index (χ1) is 18.8. The largest absolute Gasteiger partial charge is 0.497 e. The summed E-state index contributed by atoms with van der Waals surface area (Å²) in [4.78, 5) is 22.5. The van der Waals surface area contributed by atoms with E-state index in [0.717, 1.165) is 17.8 Å². The summed E-state index contributed by atoms with van der Waals surface area (Å²) in [5.41, 5.74) is 8.33. The molecule has 0 radical (unpaired) electrons. The Kier molecular flexibility index (Phi) is 7.15. The highest BCUT2D eigenvalue weighted by molar-refractivity contribution is 5.74. The van der Waals surface area contributed by atoms with Gasteiger partial charge in [0.2, 0.25) is 5.95 Å². The number of pyridine rings is 1. The number of methoxy groups -OCH3 is 2. The van der Waals surface area contributed by atoms with Crippen molar-refractivity contribution >= 4 is 28.9 Å². The van der Waals surface area contributed by atoms with Gasteiger partial charge in [0.25, 0.3) is 0 Å². The van der Waals surface area contributed by atoms with Crippen LogP contribution in [0.3, 0.4) is 0 Å². The summed E-state index contributed by atoms with van der Waals surface area (Å²) >= 11 is 0. The number of piperidine rings is 1. The van der Waals surface area contributed by atoms with Crippen molar-refractivity contribution in [1.29, 1.82) is 0 Å². The van der Waals surface area contributed by atoms with Gasteiger partial charge in [-0.3, -0.25) is 4.98 Å². The van der Waals surface area contributed by atoms with E-state index in [1.54, 1.807) is 24.7 Å². The summed E-state index contributed by atoms with van der Waals surface area (Å²) in [5.74, 6) is -1.16. The number of fused-ring (bicyclic) bond motifs is 1. The molecule has 13 heteroatoms. The minimum absolute atomic E-state index is 0.0274. The minimum Gasteiger partial charge on any atom is -0.497 e. The van der Waals surface area contributed by atoms with Crippen molar-refractivity contribution in [3.8, 4) is 17.0 Å². The first-order valence-corrected chi connectivity index (χ1v) is 12.2. The van der Waals surface area contributed by atoms with Crippen molar-refractivity contribution in [3.63, 3.8) is 0 Å². The third-order valence-corrected chi connectivity index (χ3v) is 6.76. The number of benzene rings is 1. The van der Waals surface area contributed by atoms with E-state index >= 15 is 0 Å². The van der Waals surface area contributed by atoms with E-state index in [1.165, 1.54) is 24.8 Å². The third kappa shape index (κ3) is 5.12. The molecule has 1 aliphatic rings. The number of carbonyl (C=O) groups excluding carboxylic acids is 1. The van der Waals surface area contributed by atoms with E-state index in [0.29, 0.717) is 30.2 Å². The van der Waals surface area contributed by atoms with Gasteiger partial charge in [-0.05, 0) is 24.1 Å². The zero-order valence-electron chi connectivity index (χ0n) is 21.6. The van der Waals surface area contributed by atoms with Gasteiger partial charge in [0.15, 0.2) is 0 Å². The molecule has 1 aliphatic heterocycles. The minimum atomic E-state index is -0.793. The Labute approximate surface area is 222 Å². The van der Waals surface area contributed by atoms with Crippen molar-refractivity contribution in [1.82, 2.24) is 24.9 Å². The first-order valence-electron chi connectivity index (χ1n) is 12.2.